The summed E-state index contributed by atoms with van der Waals surface area (Å²) < 4.78 is 12.9. The molecule has 6 heteroatoms. The fraction of sp³-hybridized carbons (Fsp3) is 0.375. The second kappa shape index (κ2) is 6.70. The number of hydrogen-bond donors (Lipinski definition) is 1. The zero-order valence-corrected chi connectivity index (χ0v) is 12.7. The predicted octanol–water partition coefficient (Wildman–Crippen LogP) is 1.98. The van der Waals surface area contributed by atoms with E-state index in [0.29, 0.717) is 12.5 Å². The van der Waals surface area contributed by atoms with Gasteiger partial charge in [-0.1, -0.05) is 12.1 Å². The van der Waals surface area contributed by atoms with Crippen molar-refractivity contribution < 1.29 is 4.39 Å². The summed E-state index contributed by atoms with van der Waals surface area (Å²) in [4.78, 5) is 13.4. The molecule has 0 saturated carbocycles. The van der Waals surface area contributed by atoms with Crippen LogP contribution in [0, 0.1) is 5.82 Å². The van der Waals surface area contributed by atoms with Crippen LogP contribution in [0.3, 0.4) is 0 Å². The van der Waals surface area contributed by atoms with Crippen LogP contribution in [-0.4, -0.2) is 48.1 Å². The van der Waals surface area contributed by atoms with Gasteiger partial charge in [0.2, 0.25) is 5.95 Å². The zero-order chi connectivity index (χ0) is 15.4. The third-order valence-electron chi connectivity index (χ3n) is 3.83. The minimum Gasteiger partial charge on any atom is -0.354 e. The summed E-state index contributed by atoms with van der Waals surface area (Å²) in [5, 5.41) is 3.19. The molecular weight excluding hydrogens is 281 g/mol. The second-order valence-corrected chi connectivity index (χ2v) is 5.51. The van der Waals surface area contributed by atoms with Crippen molar-refractivity contribution in [1.29, 1.82) is 0 Å². The van der Waals surface area contributed by atoms with Crippen molar-refractivity contribution in [2.75, 3.05) is 43.4 Å². The highest BCUT2D eigenvalue weighted by Crippen LogP contribution is 2.14. The van der Waals surface area contributed by atoms with Crippen LogP contribution in [0.1, 0.15) is 5.56 Å². The molecule has 0 amide bonds. The summed E-state index contributed by atoms with van der Waals surface area (Å²) in [6.07, 6.45) is 1.77. The third-order valence-corrected chi connectivity index (χ3v) is 3.83. The van der Waals surface area contributed by atoms with Crippen molar-refractivity contribution in [1.82, 2.24) is 14.9 Å². The number of anilines is 2. The molecular formula is C16H20FN5. The highest BCUT2D eigenvalue weighted by atomic mass is 19.1. The van der Waals surface area contributed by atoms with Crippen molar-refractivity contribution in [2.45, 2.75) is 6.54 Å². The van der Waals surface area contributed by atoms with Crippen molar-refractivity contribution in [3.8, 4) is 0 Å². The van der Waals surface area contributed by atoms with Crippen molar-refractivity contribution in [3.63, 3.8) is 0 Å². The number of rotatable bonds is 4. The first-order valence-corrected chi connectivity index (χ1v) is 7.45. The Bertz CT molecular complexity index is 608. The van der Waals surface area contributed by atoms with Crippen molar-refractivity contribution in [2.24, 2.45) is 0 Å². The SMILES string of the molecule is CN1CCN(c2ccnc(NCc3ccc(F)cc3)n2)CC1. The van der Waals surface area contributed by atoms with Crippen LogP contribution in [0.15, 0.2) is 36.5 Å². The lowest BCUT2D eigenvalue weighted by Gasteiger charge is -2.33. The molecule has 0 spiro atoms. The van der Waals surface area contributed by atoms with Gasteiger partial charge >= 0.3 is 0 Å². The van der Waals surface area contributed by atoms with E-state index >= 15 is 0 Å². The van der Waals surface area contributed by atoms with Crippen LogP contribution in [0.25, 0.3) is 0 Å². The highest BCUT2D eigenvalue weighted by Gasteiger charge is 2.15. The third kappa shape index (κ3) is 3.71. The molecule has 0 bridgehead atoms. The number of aromatic nitrogens is 2. The van der Waals surface area contributed by atoms with Gasteiger partial charge in [0.25, 0.3) is 0 Å². The molecule has 1 aliphatic heterocycles. The first-order valence-electron chi connectivity index (χ1n) is 7.45. The van der Waals surface area contributed by atoms with E-state index in [2.05, 4.69) is 32.1 Å². The zero-order valence-electron chi connectivity index (χ0n) is 12.7. The van der Waals surface area contributed by atoms with Crippen LogP contribution >= 0.6 is 0 Å². The largest absolute Gasteiger partial charge is 0.354 e. The standard InChI is InChI=1S/C16H20FN5/c1-21-8-10-22(11-9-21)15-6-7-18-16(20-15)19-12-13-2-4-14(17)5-3-13/h2-7H,8-12H2,1H3,(H,18,19,20). The molecule has 1 saturated heterocycles. The molecule has 0 aliphatic carbocycles. The van der Waals surface area contributed by atoms with E-state index in [-0.39, 0.29) is 5.82 Å². The molecule has 1 N–H and O–H groups in total. The van der Waals surface area contributed by atoms with Crippen LogP contribution in [0.2, 0.25) is 0 Å². The van der Waals surface area contributed by atoms with Gasteiger partial charge in [0.05, 0.1) is 0 Å². The van der Waals surface area contributed by atoms with Crippen LogP contribution < -0.4 is 10.2 Å². The van der Waals surface area contributed by atoms with Gasteiger partial charge in [-0.05, 0) is 30.8 Å². The summed E-state index contributed by atoms with van der Waals surface area (Å²) in [6, 6.07) is 8.37. The maximum absolute atomic E-state index is 12.9. The van der Waals surface area contributed by atoms with Gasteiger partial charge in [-0.2, -0.15) is 4.98 Å². The highest BCUT2D eigenvalue weighted by molar-refractivity contribution is 5.43. The Labute approximate surface area is 129 Å². The van der Waals surface area contributed by atoms with Gasteiger partial charge in [0.1, 0.15) is 11.6 Å². The van der Waals surface area contributed by atoms with Gasteiger partial charge in [-0.3, -0.25) is 0 Å². The fourth-order valence-electron chi connectivity index (χ4n) is 2.43. The smallest absolute Gasteiger partial charge is 0.224 e. The van der Waals surface area contributed by atoms with Crippen LogP contribution in [-0.2, 0) is 6.54 Å². The predicted molar refractivity (Wildman–Crippen MR) is 85.5 cm³/mol. The Balaban J connectivity index is 1.62. The normalized spacial score (nSPS) is 15.8. The molecule has 22 heavy (non-hydrogen) atoms. The lowest BCUT2D eigenvalue weighted by Crippen LogP contribution is -2.44. The molecule has 3 rings (SSSR count). The molecule has 0 radical (unpaired) electrons. The minimum atomic E-state index is -0.225. The van der Waals surface area contributed by atoms with E-state index in [1.165, 1.54) is 12.1 Å². The average molecular weight is 301 g/mol. The van der Waals surface area contributed by atoms with Crippen LogP contribution in [0.5, 0.6) is 0 Å². The maximum Gasteiger partial charge on any atom is 0.224 e. The lowest BCUT2D eigenvalue weighted by atomic mass is 10.2. The second-order valence-electron chi connectivity index (χ2n) is 5.51. The van der Waals surface area contributed by atoms with Gasteiger partial charge in [-0.15, -0.1) is 0 Å². The van der Waals surface area contributed by atoms with Crippen molar-refractivity contribution in [3.05, 3.63) is 47.9 Å². The Morgan fingerprint density at radius 3 is 2.55 bits per heavy atom. The number of nitrogens with one attached hydrogen (secondary N) is 1. The van der Waals surface area contributed by atoms with Gasteiger partial charge in [0, 0.05) is 38.9 Å². The summed E-state index contributed by atoms with van der Waals surface area (Å²) in [5.74, 6) is 1.32. The number of nitrogens with zero attached hydrogens (tertiary/aromatic N) is 4. The summed E-state index contributed by atoms with van der Waals surface area (Å²) in [5.41, 5.74) is 0.995. The van der Waals surface area contributed by atoms with E-state index in [1.54, 1.807) is 18.3 Å². The van der Waals surface area contributed by atoms with Gasteiger partial charge in [-0.25, -0.2) is 9.37 Å². The van der Waals surface area contributed by atoms with E-state index < -0.39 is 0 Å². The molecule has 1 aromatic carbocycles. The Hall–Kier alpha value is -2.21. The molecule has 1 aromatic heterocycles. The summed E-state index contributed by atoms with van der Waals surface area (Å²) in [7, 11) is 2.13. The van der Waals surface area contributed by atoms with E-state index in [4.69, 9.17) is 0 Å². The summed E-state index contributed by atoms with van der Waals surface area (Å²) in [6.45, 7) is 4.62. The summed E-state index contributed by atoms with van der Waals surface area (Å²) >= 11 is 0. The number of benzene rings is 1. The van der Waals surface area contributed by atoms with Crippen LogP contribution in [0.4, 0.5) is 16.2 Å². The van der Waals surface area contributed by atoms with E-state index in [1.807, 2.05) is 6.07 Å². The Kier molecular flexibility index (Phi) is 4.48. The first-order chi connectivity index (χ1) is 10.7. The molecule has 2 heterocycles. The maximum atomic E-state index is 12.9. The topological polar surface area (TPSA) is 44.3 Å². The molecule has 2 aromatic rings. The van der Waals surface area contributed by atoms with Gasteiger partial charge in [0.15, 0.2) is 0 Å². The molecule has 0 atom stereocenters. The van der Waals surface area contributed by atoms with Gasteiger partial charge < -0.3 is 15.1 Å². The molecule has 1 aliphatic rings. The Morgan fingerprint density at radius 1 is 1.09 bits per heavy atom. The molecule has 116 valence electrons. The monoisotopic (exact) mass is 301 g/mol. The van der Waals surface area contributed by atoms with Crippen molar-refractivity contribution >= 4 is 11.8 Å². The average Bonchev–Trinajstić information content (AvgIpc) is 2.55. The minimum absolute atomic E-state index is 0.225. The quantitative estimate of drug-likeness (QED) is 0.935. The molecule has 1 fully saturated rings. The number of halogens is 1. The molecule has 5 nitrogen and oxygen atoms in total. The number of hydrogen-bond acceptors (Lipinski definition) is 5. The molecule has 0 unspecified atom stereocenters. The number of likely N-dealkylation sites (N-methyl/N-ethyl adjacent to an activating group) is 1. The first kappa shape index (κ1) is 14.7. The van der Waals surface area contributed by atoms with E-state index in [9.17, 15) is 4.39 Å². The number of piperazine rings is 1. The Morgan fingerprint density at radius 2 is 1.82 bits per heavy atom. The fourth-order valence-corrected chi connectivity index (χ4v) is 2.43. The van der Waals surface area contributed by atoms with E-state index in [0.717, 1.165) is 37.6 Å². The lowest BCUT2D eigenvalue weighted by molar-refractivity contribution is 0.312.